The van der Waals surface area contributed by atoms with Crippen molar-refractivity contribution in [2.75, 3.05) is 12.8 Å². The number of anilines is 1. The quantitative estimate of drug-likeness (QED) is 0.901. The van der Waals surface area contributed by atoms with Gasteiger partial charge in [0.25, 0.3) is 0 Å². The van der Waals surface area contributed by atoms with Gasteiger partial charge in [0, 0.05) is 17.8 Å². The second kappa shape index (κ2) is 6.04. The van der Waals surface area contributed by atoms with Gasteiger partial charge in [-0.25, -0.2) is 4.98 Å². The van der Waals surface area contributed by atoms with Crippen LogP contribution >= 0.6 is 11.6 Å². The third-order valence-electron chi connectivity index (χ3n) is 3.16. The zero-order chi connectivity index (χ0) is 13.8. The lowest BCUT2D eigenvalue weighted by Gasteiger charge is -2.18. The maximum absolute atomic E-state index is 6.00. The molecule has 0 bridgehead atoms. The van der Waals surface area contributed by atoms with Crippen molar-refractivity contribution in [3.8, 4) is 0 Å². The van der Waals surface area contributed by atoms with Crippen molar-refractivity contribution in [3.05, 3.63) is 58.2 Å². The van der Waals surface area contributed by atoms with E-state index in [0.29, 0.717) is 10.8 Å². The summed E-state index contributed by atoms with van der Waals surface area (Å²) in [5.41, 5.74) is 9.40. The van der Waals surface area contributed by atoms with Gasteiger partial charge in [-0.1, -0.05) is 41.4 Å². The van der Waals surface area contributed by atoms with Crippen molar-refractivity contribution in [3.63, 3.8) is 0 Å². The second-order valence-corrected chi connectivity index (χ2v) is 5.10. The number of aromatic nitrogens is 1. The lowest BCUT2D eigenvalue weighted by molar-refractivity contribution is 0.592. The number of likely N-dealkylation sites (N-methyl/N-ethyl adjacent to an activating group) is 1. The summed E-state index contributed by atoms with van der Waals surface area (Å²) >= 11 is 6.00. The molecule has 0 saturated carbocycles. The largest absolute Gasteiger partial charge is 0.383 e. The molecule has 0 aliphatic carbocycles. The second-order valence-electron chi connectivity index (χ2n) is 4.66. The molecule has 0 fully saturated rings. The monoisotopic (exact) mass is 275 g/mol. The molecule has 1 atom stereocenters. The van der Waals surface area contributed by atoms with Crippen molar-refractivity contribution < 1.29 is 0 Å². The molecule has 2 rings (SSSR count). The predicted octanol–water partition coefficient (Wildman–Crippen LogP) is 3.13. The first-order valence-electron chi connectivity index (χ1n) is 6.24. The minimum absolute atomic E-state index is 0.105. The highest BCUT2D eigenvalue weighted by molar-refractivity contribution is 6.30. The van der Waals surface area contributed by atoms with E-state index >= 15 is 0 Å². The summed E-state index contributed by atoms with van der Waals surface area (Å²) in [7, 11) is 1.92. The number of rotatable bonds is 4. The van der Waals surface area contributed by atoms with Gasteiger partial charge in [-0.3, -0.25) is 0 Å². The van der Waals surface area contributed by atoms with Crippen LogP contribution in [0.1, 0.15) is 22.7 Å². The average Bonchev–Trinajstić information content (AvgIpc) is 2.39. The molecule has 1 aromatic heterocycles. The molecular formula is C15H18ClN3. The molecule has 1 unspecified atom stereocenters. The lowest BCUT2D eigenvalue weighted by atomic mass is 9.98. The van der Waals surface area contributed by atoms with E-state index in [1.165, 1.54) is 11.1 Å². The molecule has 0 saturated heterocycles. The van der Waals surface area contributed by atoms with E-state index in [-0.39, 0.29) is 6.04 Å². The summed E-state index contributed by atoms with van der Waals surface area (Å²) in [6, 6.07) is 10.4. The van der Waals surface area contributed by atoms with Crippen LogP contribution in [-0.2, 0) is 6.42 Å². The van der Waals surface area contributed by atoms with E-state index in [2.05, 4.69) is 41.5 Å². The first-order chi connectivity index (χ1) is 9.10. The third kappa shape index (κ3) is 3.46. The normalized spacial score (nSPS) is 12.4. The number of nitrogen functional groups attached to an aromatic ring is 1. The minimum Gasteiger partial charge on any atom is -0.383 e. The molecule has 1 heterocycles. The Hall–Kier alpha value is -1.58. The van der Waals surface area contributed by atoms with Gasteiger partial charge in [0.15, 0.2) is 0 Å². The smallest absolute Gasteiger partial charge is 0.128 e. The van der Waals surface area contributed by atoms with E-state index in [1.54, 1.807) is 6.20 Å². The molecule has 2 aromatic rings. The molecule has 0 aliphatic rings. The van der Waals surface area contributed by atoms with Crippen LogP contribution in [0.4, 0.5) is 5.82 Å². The van der Waals surface area contributed by atoms with Crippen molar-refractivity contribution in [2.45, 2.75) is 19.4 Å². The number of aryl methyl sites for hydroxylation is 1. The van der Waals surface area contributed by atoms with Gasteiger partial charge in [0.2, 0.25) is 0 Å². The Bertz CT molecular complexity index is 569. The summed E-state index contributed by atoms with van der Waals surface area (Å²) in [6.45, 7) is 2.09. The van der Waals surface area contributed by atoms with E-state index in [4.69, 9.17) is 17.3 Å². The molecule has 19 heavy (non-hydrogen) atoms. The Labute approximate surface area is 118 Å². The standard InChI is InChI=1S/C15H18ClN3/c1-10-4-3-5-11(6-10)7-14(18-2)13-8-12(16)9-19-15(13)17/h3-6,8-9,14,18H,7H2,1-2H3,(H2,17,19). The fourth-order valence-electron chi connectivity index (χ4n) is 2.19. The van der Waals surface area contributed by atoms with E-state index < -0.39 is 0 Å². The number of nitrogens with two attached hydrogens (primary N) is 1. The van der Waals surface area contributed by atoms with Crippen LogP contribution in [0.2, 0.25) is 5.02 Å². The number of nitrogens with zero attached hydrogens (tertiary/aromatic N) is 1. The van der Waals surface area contributed by atoms with Gasteiger partial charge >= 0.3 is 0 Å². The molecule has 0 aliphatic heterocycles. The van der Waals surface area contributed by atoms with Gasteiger partial charge in [0.1, 0.15) is 5.82 Å². The van der Waals surface area contributed by atoms with Crippen LogP contribution in [0, 0.1) is 6.92 Å². The van der Waals surface area contributed by atoms with Crippen LogP contribution in [0.3, 0.4) is 0 Å². The maximum atomic E-state index is 6.00. The molecule has 3 nitrogen and oxygen atoms in total. The number of benzene rings is 1. The van der Waals surface area contributed by atoms with Crippen LogP contribution in [0.5, 0.6) is 0 Å². The Kier molecular flexibility index (Phi) is 4.40. The summed E-state index contributed by atoms with van der Waals surface area (Å²) in [4.78, 5) is 4.11. The molecule has 0 radical (unpaired) electrons. The highest BCUT2D eigenvalue weighted by Crippen LogP contribution is 2.25. The first kappa shape index (κ1) is 13.8. The van der Waals surface area contributed by atoms with Crippen LogP contribution in [0.25, 0.3) is 0 Å². The zero-order valence-electron chi connectivity index (χ0n) is 11.2. The Morgan fingerprint density at radius 1 is 1.37 bits per heavy atom. The summed E-state index contributed by atoms with van der Waals surface area (Å²) in [5.74, 6) is 0.524. The molecule has 1 aromatic carbocycles. The van der Waals surface area contributed by atoms with Gasteiger partial charge < -0.3 is 11.1 Å². The van der Waals surface area contributed by atoms with E-state index in [1.807, 2.05) is 13.1 Å². The maximum Gasteiger partial charge on any atom is 0.128 e. The number of hydrogen-bond acceptors (Lipinski definition) is 3. The topological polar surface area (TPSA) is 50.9 Å². The number of halogens is 1. The Balaban J connectivity index is 2.27. The van der Waals surface area contributed by atoms with Gasteiger partial charge in [-0.2, -0.15) is 0 Å². The van der Waals surface area contributed by atoms with Crippen molar-refractivity contribution in [1.29, 1.82) is 0 Å². The van der Waals surface area contributed by atoms with Crippen molar-refractivity contribution in [1.82, 2.24) is 10.3 Å². The van der Waals surface area contributed by atoms with Crippen LogP contribution in [-0.4, -0.2) is 12.0 Å². The molecule has 3 N–H and O–H groups in total. The van der Waals surface area contributed by atoms with Gasteiger partial charge in [-0.05, 0) is 32.0 Å². The summed E-state index contributed by atoms with van der Waals surface area (Å²) in [5, 5.41) is 3.88. The molecule has 0 spiro atoms. The number of pyridine rings is 1. The summed E-state index contributed by atoms with van der Waals surface area (Å²) < 4.78 is 0. The predicted molar refractivity (Wildman–Crippen MR) is 80.3 cm³/mol. The fourth-order valence-corrected chi connectivity index (χ4v) is 2.35. The summed E-state index contributed by atoms with van der Waals surface area (Å²) in [6.07, 6.45) is 2.42. The highest BCUT2D eigenvalue weighted by atomic mass is 35.5. The van der Waals surface area contributed by atoms with Crippen molar-refractivity contribution in [2.24, 2.45) is 0 Å². The fraction of sp³-hybridized carbons (Fsp3) is 0.267. The van der Waals surface area contributed by atoms with E-state index in [9.17, 15) is 0 Å². The number of nitrogens with one attached hydrogen (secondary N) is 1. The third-order valence-corrected chi connectivity index (χ3v) is 3.37. The lowest BCUT2D eigenvalue weighted by Crippen LogP contribution is -2.20. The highest BCUT2D eigenvalue weighted by Gasteiger charge is 2.14. The van der Waals surface area contributed by atoms with Crippen LogP contribution in [0.15, 0.2) is 36.5 Å². The molecule has 0 amide bonds. The first-order valence-corrected chi connectivity index (χ1v) is 6.61. The van der Waals surface area contributed by atoms with Gasteiger partial charge in [-0.15, -0.1) is 0 Å². The molecule has 100 valence electrons. The molecule has 4 heteroatoms. The zero-order valence-corrected chi connectivity index (χ0v) is 11.9. The molecular weight excluding hydrogens is 258 g/mol. The SMILES string of the molecule is CNC(Cc1cccc(C)c1)c1cc(Cl)cnc1N. The van der Waals surface area contributed by atoms with Crippen molar-refractivity contribution >= 4 is 17.4 Å². The van der Waals surface area contributed by atoms with Gasteiger partial charge in [0.05, 0.1) is 5.02 Å². The van der Waals surface area contributed by atoms with Crippen LogP contribution < -0.4 is 11.1 Å². The Morgan fingerprint density at radius 3 is 2.84 bits per heavy atom. The minimum atomic E-state index is 0.105. The van der Waals surface area contributed by atoms with E-state index in [0.717, 1.165) is 12.0 Å². The number of hydrogen-bond donors (Lipinski definition) is 2. The average molecular weight is 276 g/mol. The Morgan fingerprint density at radius 2 is 2.16 bits per heavy atom.